The van der Waals surface area contributed by atoms with Gasteiger partial charge in [-0.25, -0.2) is 0 Å². The summed E-state index contributed by atoms with van der Waals surface area (Å²) in [5.41, 5.74) is 3.48. The van der Waals surface area contributed by atoms with Gasteiger partial charge in [0.05, 0.1) is 18.1 Å². The second-order valence-corrected chi connectivity index (χ2v) is 10.9. The number of imide groups is 1. The zero-order valence-corrected chi connectivity index (χ0v) is 25.0. The molecule has 3 amide bonds. The van der Waals surface area contributed by atoms with Gasteiger partial charge in [0.2, 0.25) is 0 Å². The summed E-state index contributed by atoms with van der Waals surface area (Å²) in [5, 5.41) is 4.55. The molecular weight excluding hydrogens is 564 g/mol. The normalized spacial score (nSPS) is 13.9. The fraction of sp³-hybridized carbons (Fsp3) is 0.206. The minimum Gasteiger partial charge on any atom is -0.491 e. The first-order valence-corrected chi connectivity index (χ1v) is 14.8. The van der Waals surface area contributed by atoms with E-state index in [0.29, 0.717) is 34.3 Å². The molecule has 0 aromatic heterocycles. The van der Waals surface area contributed by atoms with Crippen molar-refractivity contribution in [1.29, 1.82) is 0 Å². The average molecular weight is 597 g/mol. The standard InChI is InChI=1S/C34H32N2O6S/c1-4-40-30-19-24(15-16-29(30)42-21-32(37)35-27-13-7-9-22(2)23(27)3)20-31-33(38)36(34(39)43-31)17-18-41-28-14-8-11-25-10-5-6-12-26(25)28/h5-16,19-20H,4,17-18,21H2,1-3H3,(H,35,37)/b31-20-. The van der Waals surface area contributed by atoms with Crippen LogP contribution < -0.4 is 19.5 Å². The fourth-order valence-electron chi connectivity index (χ4n) is 4.63. The number of nitrogens with zero attached hydrogens (tertiary/aromatic N) is 1. The van der Waals surface area contributed by atoms with Crippen molar-refractivity contribution in [1.82, 2.24) is 4.90 Å². The number of aryl methyl sites for hydroxylation is 1. The van der Waals surface area contributed by atoms with E-state index in [4.69, 9.17) is 14.2 Å². The van der Waals surface area contributed by atoms with Crippen LogP contribution in [0.1, 0.15) is 23.6 Å². The summed E-state index contributed by atoms with van der Waals surface area (Å²) in [4.78, 5) is 39.8. The zero-order valence-electron chi connectivity index (χ0n) is 24.2. The number of carbonyl (C=O) groups is 3. The second kappa shape index (κ2) is 13.5. The van der Waals surface area contributed by atoms with Gasteiger partial charge in [-0.2, -0.15) is 0 Å². The molecule has 43 heavy (non-hydrogen) atoms. The van der Waals surface area contributed by atoms with Gasteiger partial charge in [0.1, 0.15) is 12.4 Å². The Morgan fingerprint density at radius 3 is 2.51 bits per heavy atom. The largest absolute Gasteiger partial charge is 0.491 e. The molecule has 0 bridgehead atoms. The lowest BCUT2D eigenvalue weighted by molar-refractivity contribution is -0.123. The molecule has 1 aliphatic rings. The maximum atomic E-state index is 13.1. The van der Waals surface area contributed by atoms with Crippen molar-refractivity contribution in [2.24, 2.45) is 0 Å². The Balaban J connectivity index is 1.21. The topological polar surface area (TPSA) is 94.2 Å². The highest BCUT2D eigenvalue weighted by Gasteiger charge is 2.35. The Morgan fingerprint density at radius 2 is 1.67 bits per heavy atom. The summed E-state index contributed by atoms with van der Waals surface area (Å²) in [7, 11) is 0. The van der Waals surface area contributed by atoms with E-state index < -0.39 is 0 Å². The van der Waals surface area contributed by atoms with Gasteiger partial charge >= 0.3 is 0 Å². The number of ether oxygens (including phenoxy) is 3. The Morgan fingerprint density at radius 1 is 0.884 bits per heavy atom. The Kier molecular flexibility index (Phi) is 9.32. The van der Waals surface area contributed by atoms with E-state index in [-0.39, 0.29) is 36.8 Å². The molecule has 8 nitrogen and oxygen atoms in total. The van der Waals surface area contributed by atoms with Crippen LogP contribution in [-0.2, 0) is 9.59 Å². The summed E-state index contributed by atoms with van der Waals surface area (Å²) in [6, 6.07) is 24.5. The van der Waals surface area contributed by atoms with Crippen LogP contribution >= 0.6 is 11.8 Å². The van der Waals surface area contributed by atoms with E-state index in [0.717, 1.165) is 39.3 Å². The van der Waals surface area contributed by atoms with Gasteiger partial charge in [0.15, 0.2) is 18.1 Å². The highest BCUT2D eigenvalue weighted by molar-refractivity contribution is 8.18. The van der Waals surface area contributed by atoms with E-state index in [1.165, 1.54) is 4.90 Å². The predicted octanol–water partition coefficient (Wildman–Crippen LogP) is 6.99. The number of hydrogen-bond donors (Lipinski definition) is 1. The van der Waals surface area contributed by atoms with Gasteiger partial charge in [-0.15, -0.1) is 0 Å². The number of carbonyl (C=O) groups excluding carboxylic acids is 3. The molecule has 1 N–H and O–H groups in total. The molecule has 220 valence electrons. The maximum Gasteiger partial charge on any atom is 0.293 e. The molecule has 0 atom stereocenters. The molecule has 0 spiro atoms. The third-order valence-electron chi connectivity index (χ3n) is 7.00. The van der Waals surface area contributed by atoms with E-state index in [1.54, 1.807) is 24.3 Å². The lowest BCUT2D eigenvalue weighted by Gasteiger charge is -2.14. The van der Waals surface area contributed by atoms with Crippen LogP contribution in [0, 0.1) is 13.8 Å². The van der Waals surface area contributed by atoms with Gasteiger partial charge in [0.25, 0.3) is 17.1 Å². The van der Waals surface area contributed by atoms with Crippen molar-refractivity contribution >= 4 is 51.4 Å². The number of rotatable bonds is 11. The summed E-state index contributed by atoms with van der Waals surface area (Å²) < 4.78 is 17.5. The number of thioether (sulfide) groups is 1. The third kappa shape index (κ3) is 7.01. The molecule has 0 unspecified atom stereocenters. The van der Waals surface area contributed by atoms with Crippen LogP contribution in [0.5, 0.6) is 17.2 Å². The van der Waals surface area contributed by atoms with Crippen molar-refractivity contribution in [3.05, 3.63) is 100 Å². The number of hydrogen-bond acceptors (Lipinski definition) is 7. The van der Waals surface area contributed by atoms with Crippen LogP contribution in [0.15, 0.2) is 83.8 Å². The highest BCUT2D eigenvalue weighted by atomic mass is 32.2. The first-order valence-electron chi connectivity index (χ1n) is 14.0. The molecule has 0 radical (unpaired) electrons. The fourth-order valence-corrected chi connectivity index (χ4v) is 5.50. The van der Waals surface area contributed by atoms with Crippen molar-refractivity contribution in [3.63, 3.8) is 0 Å². The summed E-state index contributed by atoms with van der Waals surface area (Å²) >= 11 is 0.884. The van der Waals surface area contributed by atoms with Gasteiger partial charge in [0, 0.05) is 11.1 Å². The first kappa shape index (κ1) is 29.7. The molecule has 1 saturated heterocycles. The molecule has 1 fully saturated rings. The Bertz CT molecular complexity index is 1710. The van der Waals surface area contributed by atoms with E-state index in [9.17, 15) is 14.4 Å². The summed E-state index contributed by atoms with van der Waals surface area (Å²) in [6.45, 7) is 6.26. The molecule has 9 heteroatoms. The van der Waals surface area contributed by atoms with Crippen LogP contribution in [0.25, 0.3) is 16.8 Å². The van der Waals surface area contributed by atoms with Crippen molar-refractivity contribution in [2.75, 3.05) is 31.7 Å². The molecule has 1 aliphatic heterocycles. The third-order valence-corrected chi connectivity index (χ3v) is 7.91. The minimum atomic E-state index is -0.377. The molecule has 0 aliphatic carbocycles. The van der Waals surface area contributed by atoms with Gasteiger partial charge < -0.3 is 19.5 Å². The molecule has 5 rings (SSSR count). The SMILES string of the molecule is CCOc1cc(/C=C2\SC(=O)N(CCOc3cccc4ccccc34)C2=O)ccc1OCC(=O)Nc1cccc(C)c1C. The van der Waals surface area contributed by atoms with E-state index in [1.807, 2.05) is 81.4 Å². The quantitative estimate of drug-likeness (QED) is 0.187. The maximum absolute atomic E-state index is 13.1. The number of amides is 3. The van der Waals surface area contributed by atoms with Gasteiger partial charge in [-0.1, -0.05) is 54.6 Å². The number of fused-ring (bicyclic) bond motifs is 1. The Labute approximate surface area is 254 Å². The van der Waals surface area contributed by atoms with E-state index in [2.05, 4.69) is 5.32 Å². The van der Waals surface area contributed by atoms with Crippen molar-refractivity contribution in [2.45, 2.75) is 20.8 Å². The predicted molar refractivity (Wildman–Crippen MR) is 170 cm³/mol. The lowest BCUT2D eigenvalue weighted by atomic mass is 10.1. The summed E-state index contributed by atoms with van der Waals surface area (Å²) in [5.74, 6) is 0.859. The lowest BCUT2D eigenvalue weighted by Crippen LogP contribution is -2.32. The molecule has 0 saturated carbocycles. The smallest absolute Gasteiger partial charge is 0.293 e. The van der Waals surface area contributed by atoms with Crippen LogP contribution in [0.3, 0.4) is 0 Å². The zero-order chi connectivity index (χ0) is 30.3. The highest BCUT2D eigenvalue weighted by Crippen LogP contribution is 2.35. The van der Waals surface area contributed by atoms with Crippen LogP contribution in [0.2, 0.25) is 0 Å². The Hall–Kier alpha value is -4.76. The number of benzene rings is 4. The number of anilines is 1. The first-order chi connectivity index (χ1) is 20.8. The van der Waals surface area contributed by atoms with Gasteiger partial charge in [-0.05, 0) is 85.0 Å². The van der Waals surface area contributed by atoms with Gasteiger partial charge in [-0.3, -0.25) is 19.3 Å². The van der Waals surface area contributed by atoms with Crippen LogP contribution in [-0.4, -0.2) is 48.3 Å². The average Bonchev–Trinajstić information content (AvgIpc) is 3.26. The molecular formula is C34H32N2O6S. The monoisotopic (exact) mass is 596 g/mol. The van der Waals surface area contributed by atoms with E-state index >= 15 is 0 Å². The van der Waals surface area contributed by atoms with Crippen LogP contribution in [0.4, 0.5) is 10.5 Å². The molecule has 4 aromatic carbocycles. The van der Waals surface area contributed by atoms with Crippen molar-refractivity contribution in [3.8, 4) is 17.2 Å². The minimum absolute atomic E-state index is 0.131. The number of nitrogens with one attached hydrogen (secondary N) is 1. The van der Waals surface area contributed by atoms with Crippen molar-refractivity contribution < 1.29 is 28.6 Å². The molecule has 1 heterocycles. The summed E-state index contributed by atoms with van der Waals surface area (Å²) in [6.07, 6.45) is 1.65. The second-order valence-electron chi connectivity index (χ2n) is 9.88. The molecule has 4 aromatic rings.